The van der Waals surface area contributed by atoms with Gasteiger partial charge >= 0.3 is 0 Å². The van der Waals surface area contributed by atoms with E-state index in [1.54, 1.807) is 37.3 Å². The molecule has 3 N–H and O–H groups in total. The Balaban J connectivity index is 2.53. The van der Waals surface area contributed by atoms with Crippen molar-refractivity contribution in [3.8, 4) is 5.75 Å². The molecule has 0 saturated heterocycles. The minimum Gasteiger partial charge on any atom is -0.481 e. The lowest BCUT2D eigenvalue weighted by atomic mass is 10.3. The van der Waals surface area contributed by atoms with E-state index in [0.717, 1.165) is 0 Å². The van der Waals surface area contributed by atoms with Crippen LogP contribution >= 0.6 is 0 Å². The summed E-state index contributed by atoms with van der Waals surface area (Å²) in [7, 11) is 0. The summed E-state index contributed by atoms with van der Waals surface area (Å²) in [5, 5.41) is 2.65. The van der Waals surface area contributed by atoms with Crippen LogP contribution in [-0.4, -0.2) is 18.6 Å². The molecule has 4 heteroatoms. The van der Waals surface area contributed by atoms with Crippen LogP contribution in [-0.2, 0) is 4.79 Å². The van der Waals surface area contributed by atoms with E-state index in [1.807, 2.05) is 0 Å². The molecule has 86 valence electrons. The zero-order chi connectivity index (χ0) is 12.0. The summed E-state index contributed by atoms with van der Waals surface area (Å²) in [5.74, 6) is 0.406. The summed E-state index contributed by atoms with van der Waals surface area (Å²) in [6, 6.07) is 6.97. The fourth-order valence-corrected chi connectivity index (χ4v) is 1.16. The molecule has 1 aromatic rings. The third-order valence-corrected chi connectivity index (χ3v) is 1.96. The van der Waals surface area contributed by atoms with E-state index in [4.69, 9.17) is 10.5 Å². The molecule has 1 unspecified atom stereocenters. The Bertz CT molecular complexity index is 377. The number of benzene rings is 1. The first-order chi connectivity index (χ1) is 7.63. The molecule has 4 nitrogen and oxygen atoms in total. The molecule has 0 heterocycles. The lowest BCUT2D eigenvalue weighted by molar-refractivity contribution is -0.127. The second-order valence-corrected chi connectivity index (χ2v) is 3.37. The Morgan fingerprint density at radius 1 is 1.69 bits per heavy atom. The fraction of sp³-hybridized carbons (Fsp3) is 0.250. The Morgan fingerprint density at radius 3 is 3.06 bits per heavy atom. The first-order valence-corrected chi connectivity index (χ1v) is 5.04. The molecule has 16 heavy (non-hydrogen) atoms. The van der Waals surface area contributed by atoms with Gasteiger partial charge in [0, 0.05) is 18.3 Å². The van der Waals surface area contributed by atoms with E-state index in [1.165, 1.54) is 0 Å². The van der Waals surface area contributed by atoms with Crippen molar-refractivity contribution in [3.05, 3.63) is 36.9 Å². The zero-order valence-electron chi connectivity index (χ0n) is 9.27. The number of anilines is 1. The van der Waals surface area contributed by atoms with Crippen molar-refractivity contribution in [2.24, 2.45) is 0 Å². The van der Waals surface area contributed by atoms with Crippen molar-refractivity contribution in [2.75, 3.05) is 12.3 Å². The van der Waals surface area contributed by atoms with Crippen LogP contribution in [0.2, 0.25) is 0 Å². The third-order valence-electron chi connectivity index (χ3n) is 1.96. The predicted molar refractivity (Wildman–Crippen MR) is 64.2 cm³/mol. The highest BCUT2D eigenvalue weighted by Crippen LogP contribution is 2.15. The molecule has 0 aliphatic heterocycles. The number of carbonyl (C=O) groups is 1. The average molecular weight is 220 g/mol. The largest absolute Gasteiger partial charge is 0.481 e. The normalized spacial score (nSPS) is 11.6. The van der Waals surface area contributed by atoms with Gasteiger partial charge in [0.2, 0.25) is 0 Å². The van der Waals surface area contributed by atoms with Crippen molar-refractivity contribution in [2.45, 2.75) is 13.0 Å². The predicted octanol–water partition coefficient (Wildman–Crippen LogP) is 1.34. The van der Waals surface area contributed by atoms with Crippen molar-refractivity contribution >= 4 is 11.6 Å². The monoisotopic (exact) mass is 220 g/mol. The highest BCUT2D eigenvalue weighted by atomic mass is 16.5. The number of hydrogen-bond acceptors (Lipinski definition) is 3. The standard InChI is InChI=1S/C12H16N2O2/c1-3-7-14-12(15)9(2)16-11-6-4-5-10(13)8-11/h3-6,8-9H,1,7,13H2,2H3,(H,14,15). The Labute approximate surface area is 95.1 Å². The van der Waals surface area contributed by atoms with Crippen molar-refractivity contribution in [3.63, 3.8) is 0 Å². The van der Waals surface area contributed by atoms with Gasteiger partial charge < -0.3 is 15.8 Å². The van der Waals surface area contributed by atoms with Gasteiger partial charge in [-0.2, -0.15) is 0 Å². The number of ether oxygens (including phenoxy) is 1. The number of carbonyl (C=O) groups excluding carboxylic acids is 1. The minimum atomic E-state index is -0.554. The highest BCUT2D eigenvalue weighted by molar-refractivity contribution is 5.80. The van der Waals surface area contributed by atoms with Crippen LogP contribution in [0.25, 0.3) is 0 Å². The minimum absolute atomic E-state index is 0.178. The Kier molecular flexibility index (Phi) is 4.39. The van der Waals surface area contributed by atoms with Gasteiger partial charge in [-0.1, -0.05) is 12.1 Å². The molecule has 0 radical (unpaired) electrons. The number of hydrogen-bond donors (Lipinski definition) is 2. The van der Waals surface area contributed by atoms with E-state index in [9.17, 15) is 4.79 Å². The van der Waals surface area contributed by atoms with Crippen molar-refractivity contribution in [1.29, 1.82) is 0 Å². The van der Waals surface area contributed by atoms with Crippen LogP contribution in [0, 0.1) is 0 Å². The molecule has 0 saturated carbocycles. The zero-order valence-corrected chi connectivity index (χ0v) is 9.27. The summed E-state index contributed by atoms with van der Waals surface area (Å²) in [6.07, 6.45) is 1.06. The van der Waals surface area contributed by atoms with Gasteiger partial charge in [-0.15, -0.1) is 6.58 Å². The summed E-state index contributed by atoms with van der Waals surface area (Å²) in [6.45, 7) is 5.63. The van der Waals surface area contributed by atoms with Gasteiger partial charge in [0.1, 0.15) is 5.75 Å². The molecule has 0 spiro atoms. The van der Waals surface area contributed by atoms with Gasteiger partial charge in [0.15, 0.2) is 6.10 Å². The first kappa shape index (κ1) is 12.1. The maximum Gasteiger partial charge on any atom is 0.261 e. The quantitative estimate of drug-likeness (QED) is 0.581. The van der Waals surface area contributed by atoms with E-state index in [2.05, 4.69) is 11.9 Å². The molecule has 1 aromatic carbocycles. The molecule has 1 rings (SSSR count). The van der Waals surface area contributed by atoms with Crippen LogP contribution in [0.1, 0.15) is 6.92 Å². The van der Waals surface area contributed by atoms with Crippen LogP contribution in [0.3, 0.4) is 0 Å². The second kappa shape index (κ2) is 5.80. The lowest BCUT2D eigenvalue weighted by Crippen LogP contribution is -2.36. The average Bonchev–Trinajstić information content (AvgIpc) is 2.25. The number of rotatable bonds is 5. The summed E-state index contributed by atoms with van der Waals surface area (Å²) >= 11 is 0. The van der Waals surface area contributed by atoms with Crippen molar-refractivity contribution < 1.29 is 9.53 Å². The highest BCUT2D eigenvalue weighted by Gasteiger charge is 2.13. The lowest BCUT2D eigenvalue weighted by Gasteiger charge is -2.14. The van der Waals surface area contributed by atoms with E-state index < -0.39 is 6.10 Å². The maximum atomic E-state index is 11.5. The molecule has 0 bridgehead atoms. The molecule has 0 aromatic heterocycles. The van der Waals surface area contributed by atoms with E-state index in [-0.39, 0.29) is 5.91 Å². The third kappa shape index (κ3) is 3.65. The van der Waals surface area contributed by atoms with Gasteiger partial charge in [0.25, 0.3) is 5.91 Å². The first-order valence-electron chi connectivity index (χ1n) is 5.04. The fourth-order valence-electron chi connectivity index (χ4n) is 1.16. The second-order valence-electron chi connectivity index (χ2n) is 3.37. The van der Waals surface area contributed by atoms with E-state index >= 15 is 0 Å². The van der Waals surface area contributed by atoms with Gasteiger partial charge in [0.05, 0.1) is 0 Å². The van der Waals surface area contributed by atoms with Gasteiger partial charge in [-0.25, -0.2) is 0 Å². The summed E-state index contributed by atoms with van der Waals surface area (Å²) < 4.78 is 5.43. The Morgan fingerprint density at radius 2 is 2.44 bits per heavy atom. The van der Waals surface area contributed by atoms with Gasteiger partial charge in [-0.3, -0.25) is 4.79 Å². The van der Waals surface area contributed by atoms with Crippen LogP contribution in [0.5, 0.6) is 5.75 Å². The molecule has 0 fully saturated rings. The smallest absolute Gasteiger partial charge is 0.261 e. The number of nitrogen functional groups attached to an aromatic ring is 1. The van der Waals surface area contributed by atoms with Gasteiger partial charge in [-0.05, 0) is 19.1 Å². The Hall–Kier alpha value is -1.97. The summed E-state index contributed by atoms with van der Waals surface area (Å²) in [5.41, 5.74) is 6.20. The number of amides is 1. The SMILES string of the molecule is C=CCNC(=O)C(C)Oc1cccc(N)c1. The molecule has 0 aliphatic rings. The summed E-state index contributed by atoms with van der Waals surface area (Å²) in [4.78, 5) is 11.5. The van der Waals surface area contributed by atoms with Crippen LogP contribution in [0.4, 0.5) is 5.69 Å². The van der Waals surface area contributed by atoms with Crippen LogP contribution in [0.15, 0.2) is 36.9 Å². The maximum absolute atomic E-state index is 11.5. The number of nitrogens with one attached hydrogen (secondary N) is 1. The molecule has 1 amide bonds. The molecule has 1 atom stereocenters. The molecule has 0 aliphatic carbocycles. The molecular weight excluding hydrogens is 204 g/mol. The topological polar surface area (TPSA) is 64.3 Å². The van der Waals surface area contributed by atoms with Crippen molar-refractivity contribution in [1.82, 2.24) is 5.32 Å². The number of nitrogens with two attached hydrogens (primary N) is 1. The van der Waals surface area contributed by atoms with E-state index in [0.29, 0.717) is 18.0 Å². The molecular formula is C12H16N2O2. The van der Waals surface area contributed by atoms with Crippen LogP contribution < -0.4 is 15.8 Å².